The Kier molecular flexibility index (Phi) is 1.60. The lowest BCUT2D eigenvalue weighted by atomic mass is 9.85. The van der Waals surface area contributed by atoms with Crippen LogP contribution < -0.4 is 0 Å². The van der Waals surface area contributed by atoms with Crippen LogP contribution in [0.3, 0.4) is 0 Å². The van der Waals surface area contributed by atoms with Crippen molar-refractivity contribution in [2.75, 3.05) is 0 Å². The summed E-state index contributed by atoms with van der Waals surface area (Å²) in [5, 5.41) is 0.116. The molecule has 6 atom stereocenters. The van der Waals surface area contributed by atoms with E-state index in [-0.39, 0.29) is 21.2 Å². The first-order chi connectivity index (χ1) is 6.55. The number of fused-ring (bicyclic) bond motifs is 5. The van der Waals surface area contributed by atoms with Crippen molar-refractivity contribution in [3.63, 3.8) is 0 Å². The van der Waals surface area contributed by atoms with Crippen LogP contribution in [0.25, 0.3) is 0 Å². The van der Waals surface area contributed by atoms with Crippen molar-refractivity contribution in [3.05, 3.63) is 23.1 Å². The maximum absolute atomic E-state index is 12.0. The van der Waals surface area contributed by atoms with E-state index in [4.69, 9.17) is 0 Å². The quantitative estimate of drug-likeness (QED) is 0.582. The van der Waals surface area contributed by atoms with Gasteiger partial charge in [0, 0.05) is 21.6 Å². The van der Waals surface area contributed by atoms with Gasteiger partial charge in [-0.05, 0) is 13.8 Å². The third-order valence-electron chi connectivity index (χ3n) is 3.62. The van der Waals surface area contributed by atoms with Crippen LogP contribution in [0.2, 0.25) is 0 Å². The van der Waals surface area contributed by atoms with E-state index in [0.717, 1.165) is 4.91 Å². The van der Waals surface area contributed by atoms with Crippen molar-refractivity contribution in [1.29, 1.82) is 0 Å². The zero-order chi connectivity index (χ0) is 10.1. The Hall–Kier alpha value is -0.220. The Morgan fingerprint density at radius 2 is 2.14 bits per heavy atom. The van der Waals surface area contributed by atoms with Gasteiger partial charge in [-0.2, -0.15) is 0 Å². The summed E-state index contributed by atoms with van der Waals surface area (Å²) in [5.74, 6) is 0.235. The van der Waals surface area contributed by atoms with Crippen molar-refractivity contribution >= 4 is 21.6 Å². The average Bonchev–Trinajstić information content (AvgIpc) is 2.65. The fourth-order valence-electron chi connectivity index (χ4n) is 2.77. The van der Waals surface area contributed by atoms with Crippen LogP contribution in [-0.2, 0) is 21.6 Å². The van der Waals surface area contributed by atoms with Gasteiger partial charge in [-0.3, -0.25) is 8.42 Å². The lowest BCUT2D eigenvalue weighted by Crippen LogP contribution is -2.33. The van der Waals surface area contributed by atoms with Gasteiger partial charge >= 0.3 is 0 Å². The van der Waals surface area contributed by atoms with Crippen LogP contribution in [0.4, 0.5) is 0 Å². The fourth-order valence-corrected chi connectivity index (χ4v) is 7.05. The van der Waals surface area contributed by atoms with E-state index in [1.165, 1.54) is 0 Å². The topological polar surface area (TPSA) is 34.1 Å². The third kappa shape index (κ3) is 0.784. The Balaban J connectivity index is 2.18. The largest absolute Gasteiger partial charge is 0.258 e. The molecule has 3 heterocycles. The molecule has 0 radical (unpaired) electrons. The van der Waals surface area contributed by atoms with E-state index in [1.54, 1.807) is 0 Å². The lowest BCUT2D eigenvalue weighted by Gasteiger charge is -2.23. The molecule has 0 spiro atoms. The normalized spacial score (nSPS) is 59.0. The third-order valence-corrected chi connectivity index (χ3v) is 7.86. The Labute approximate surface area is 88.4 Å². The van der Waals surface area contributed by atoms with E-state index < -0.39 is 21.6 Å². The summed E-state index contributed by atoms with van der Waals surface area (Å²) < 4.78 is 23.7. The van der Waals surface area contributed by atoms with Gasteiger partial charge < -0.3 is 0 Å². The molecule has 3 aliphatic heterocycles. The molecule has 1 fully saturated rings. The second-order valence-corrected chi connectivity index (χ2v) is 8.17. The SMILES string of the molecule is CC1=C[C@H]2[C@H]([C@H]3C=C[C@]2(C)S3=O)S1=O. The molecule has 0 aromatic rings. The minimum Gasteiger partial charge on any atom is -0.258 e. The van der Waals surface area contributed by atoms with Crippen molar-refractivity contribution in [3.8, 4) is 0 Å². The summed E-state index contributed by atoms with van der Waals surface area (Å²) in [6.45, 7) is 3.94. The highest BCUT2D eigenvalue weighted by Crippen LogP contribution is 2.52. The van der Waals surface area contributed by atoms with E-state index >= 15 is 0 Å². The van der Waals surface area contributed by atoms with E-state index in [1.807, 2.05) is 19.9 Å². The van der Waals surface area contributed by atoms with E-state index in [9.17, 15) is 8.42 Å². The van der Waals surface area contributed by atoms with Crippen molar-refractivity contribution in [1.82, 2.24) is 0 Å². The first-order valence-corrected chi connectivity index (χ1v) is 7.17. The van der Waals surface area contributed by atoms with Crippen LogP contribution in [0.15, 0.2) is 23.1 Å². The van der Waals surface area contributed by atoms with Gasteiger partial charge in [0.05, 0.1) is 26.0 Å². The Bertz CT molecular complexity index is 424. The van der Waals surface area contributed by atoms with Gasteiger partial charge in [-0.1, -0.05) is 18.2 Å². The molecule has 3 aliphatic rings. The van der Waals surface area contributed by atoms with E-state index in [2.05, 4.69) is 12.2 Å². The molecular weight excluding hydrogens is 216 g/mol. The minimum atomic E-state index is -0.902. The molecule has 1 saturated heterocycles. The van der Waals surface area contributed by atoms with Gasteiger partial charge in [0.1, 0.15) is 0 Å². The summed E-state index contributed by atoms with van der Waals surface area (Å²) in [5.41, 5.74) is 0. The van der Waals surface area contributed by atoms with Crippen molar-refractivity contribution < 1.29 is 8.42 Å². The summed E-state index contributed by atoms with van der Waals surface area (Å²) in [6.07, 6.45) is 6.13. The molecule has 76 valence electrons. The summed E-state index contributed by atoms with van der Waals surface area (Å²) in [4.78, 5) is 0.969. The lowest BCUT2D eigenvalue weighted by molar-refractivity contribution is 0.544. The number of allylic oxidation sites excluding steroid dienone is 2. The van der Waals surface area contributed by atoms with Crippen LogP contribution in [-0.4, -0.2) is 23.7 Å². The predicted octanol–water partition coefficient (Wildman–Crippen LogP) is 1.10. The molecule has 3 rings (SSSR count). The molecule has 0 aromatic heterocycles. The van der Waals surface area contributed by atoms with Crippen molar-refractivity contribution in [2.24, 2.45) is 5.92 Å². The predicted molar refractivity (Wildman–Crippen MR) is 58.7 cm³/mol. The van der Waals surface area contributed by atoms with E-state index in [0.29, 0.717) is 0 Å². The summed E-state index contributed by atoms with van der Waals surface area (Å²) >= 11 is 0. The van der Waals surface area contributed by atoms with Crippen LogP contribution in [0.5, 0.6) is 0 Å². The second kappa shape index (κ2) is 2.47. The number of hydrogen-bond donors (Lipinski definition) is 0. The zero-order valence-corrected chi connectivity index (χ0v) is 9.73. The monoisotopic (exact) mass is 228 g/mol. The first kappa shape index (κ1) is 9.04. The molecular formula is C10H12O2S2. The smallest absolute Gasteiger partial charge is 0.0691 e. The number of hydrogen-bond acceptors (Lipinski definition) is 2. The molecule has 0 amide bonds. The Morgan fingerprint density at radius 1 is 1.43 bits per heavy atom. The molecule has 2 nitrogen and oxygen atoms in total. The molecule has 0 saturated carbocycles. The van der Waals surface area contributed by atoms with Crippen LogP contribution >= 0.6 is 0 Å². The fraction of sp³-hybridized carbons (Fsp3) is 0.600. The van der Waals surface area contributed by atoms with Gasteiger partial charge in [0.25, 0.3) is 0 Å². The highest BCUT2D eigenvalue weighted by atomic mass is 32.2. The second-order valence-electron chi connectivity index (χ2n) is 4.37. The molecule has 2 unspecified atom stereocenters. The molecule has 0 aliphatic carbocycles. The van der Waals surface area contributed by atoms with Gasteiger partial charge in [0.2, 0.25) is 0 Å². The maximum atomic E-state index is 12.0. The first-order valence-electron chi connectivity index (χ1n) is 4.75. The highest BCUT2D eigenvalue weighted by molar-refractivity contribution is 7.94. The molecule has 4 heteroatoms. The minimum absolute atomic E-state index is 0.0273. The standard InChI is InChI=1S/C10H12O2S2/c1-6-5-7-9(13(6)11)8-3-4-10(7,2)14(8)12/h3-5,7-9H,1-2H3/t7-,8+,9+,10-,13?,14?/m0/s1. The van der Waals surface area contributed by atoms with Crippen LogP contribution in [0.1, 0.15) is 13.8 Å². The molecule has 14 heavy (non-hydrogen) atoms. The average molecular weight is 228 g/mol. The summed E-state index contributed by atoms with van der Waals surface area (Å²) in [7, 11) is -1.76. The van der Waals surface area contributed by atoms with Crippen LogP contribution in [0, 0.1) is 5.92 Å². The summed E-state index contributed by atoms with van der Waals surface area (Å²) in [6, 6.07) is 0. The maximum Gasteiger partial charge on any atom is 0.0691 e. The zero-order valence-electron chi connectivity index (χ0n) is 8.10. The molecule has 0 N–H and O–H groups in total. The van der Waals surface area contributed by atoms with Gasteiger partial charge in [0.15, 0.2) is 0 Å². The highest BCUT2D eigenvalue weighted by Gasteiger charge is 2.61. The van der Waals surface area contributed by atoms with Gasteiger partial charge in [-0.15, -0.1) is 0 Å². The molecule has 2 bridgehead atoms. The van der Waals surface area contributed by atoms with Crippen molar-refractivity contribution in [2.45, 2.75) is 29.1 Å². The Morgan fingerprint density at radius 3 is 2.79 bits per heavy atom. The van der Waals surface area contributed by atoms with Gasteiger partial charge in [-0.25, -0.2) is 0 Å². The molecule has 0 aromatic carbocycles. The number of rotatable bonds is 0.